The van der Waals surface area contributed by atoms with E-state index in [-0.39, 0.29) is 6.61 Å². The Balaban J connectivity index is 1.41. The molecule has 3 heterocycles. The molecule has 4 aromatic rings. The van der Waals surface area contributed by atoms with E-state index in [4.69, 9.17) is 4.74 Å². The van der Waals surface area contributed by atoms with Gasteiger partial charge in [-0.3, -0.25) is 9.55 Å². The predicted molar refractivity (Wildman–Crippen MR) is 120 cm³/mol. The lowest BCUT2D eigenvalue weighted by Gasteiger charge is -2.20. The van der Waals surface area contributed by atoms with Crippen molar-refractivity contribution in [3.63, 3.8) is 0 Å². The molecule has 164 valence electrons. The molecule has 1 fully saturated rings. The number of aliphatic hydroxyl groups excluding tert-OH is 3. The van der Waals surface area contributed by atoms with E-state index in [1.807, 2.05) is 66.7 Å². The number of benzene rings is 2. The van der Waals surface area contributed by atoms with E-state index in [0.29, 0.717) is 12.5 Å². The van der Waals surface area contributed by atoms with Gasteiger partial charge in [0.05, 0.1) is 23.3 Å². The Bertz CT molecular complexity index is 1200. The summed E-state index contributed by atoms with van der Waals surface area (Å²) in [5.74, 6) is 0.509. The van der Waals surface area contributed by atoms with E-state index in [0.717, 1.165) is 27.9 Å². The van der Waals surface area contributed by atoms with Crippen LogP contribution in [-0.2, 0) is 11.3 Å². The van der Waals surface area contributed by atoms with Crippen molar-refractivity contribution in [1.82, 2.24) is 14.5 Å². The molecule has 2 aromatic heterocycles. The molecule has 0 radical (unpaired) electrons. The monoisotopic (exact) mass is 432 g/mol. The van der Waals surface area contributed by atoms with E-state index in [1.165, 1.54) is 0 Å². The van der Waals surface area contributed by atoms with Crippen LogP contribution in [0.25, 0.3) is 22.3 Å². The van der Waals surface area contributed by atoms with E-state index in [2.05, 4.69) is 15.3 Å². The molecule has 8 nitrogen and oxygen atoms in total. The molecule has 0 unspecified atom stereocenters. The summed E-state index contributed by atoms with van der Waals surface area (Å²) in [6.45, 7) is 0.118. The summed E-state index contributed by atoms with van der Waals surface area (Å²) >= 11 is 0. The molecule has 4 atom stereocenters. The highest BCUT2D eigenvalue weighted by atomic mass is 16.6. The van der Waals surface area contributed by atoms with Gasteiger partial charge in [0.15, 0.2) is 6.23 Å². The predicted octanol–water partition coefficient (Wildman–Crippen LogP) is 2.32. The van der Waals surface area contributed by atoms with Crippen LogP contribution in [0.15, 0.2) is 72.9 Å². The highest BCUT2D eigenvalue weighted by Crippen LogP contribution is 2.35. The molecule has 1 aliphatic heterocycles. The largest absolute Gasteiger partial charge is 0.394 e. The normalized spacial score (nSPS) is 23.0. The number of rotatable bonds is 6. The molecule has 0 saturated carbocycles. The van der Waals surface area contributed by atoms with E-state index < -0.39 is 24.5 Å². The lowest BCUT2D eigenvalue weighted by Crippen LogP contribution is -2.33. The third-order valence-electron chi connectivity index (χ3n) is 5.73. The molecule has 0 spiro atoms. The summed E-state index contributed by atoms with van der Waals surface area (Å²) in [5, 5.41) is 33.6. The van der Waals surface area contributed by atoms with Crippen molar-refractivity contribution < 1.29 is 20.1 Å². The molecule has 1 saturated heterocycles. The van der Waals surface area contributed by atoms with Crippen LogP contribution in [0.5, 0.6) is 0 Å². The summed E-state index contributed by atoms with van der Waals surface area (Å²) in [7, 11) is 0. The first-order valence-corrected chi connectivity index (χ1v) is 10.5. The van der Waals surface area contributed by atoms with Crippen LogP contribution in [0.2, 0.25) is 0 Å². The molecular weight excluding hydrogens is 408 g/mol. The fraction of sp³-hybridized carbons (Fsp3) is 0.250. The first-order valence-electron chi connectivity index (χ1n) is 10.5. The quantitative estimate of drug-likeness (QED) is 0.370. The van der Waals surface area contributed by atoms with Crippen LogP contribution >= 0.6 is 0 Å². The third-order valence-corrected chi connectivity index (χ3v) is 5.73. The molecular formula is C24H24N4O4. The van der Waals surface area contributed by atoms with Crippen LogP contribution < -0.4 is 5.32 Å². The third kappa shape index (κ3) is 3.74. The van der Waals surface area contributed by atoms with Gasteiger partial charge < -0.3 is 25.4 Å². The minimum atomic E-state index is -1.19. The zero-order valence-corrected chi connectivity index (χ0v) is 17.2. The van der Waals surface area contributed by atoms with Gasteiger partial charge in [0.25, 0.3) is 0 Å². The zero-order chi connectivity index (χ0) is 22.1. The minimum absolute atomic E-state index is 0.382. The van der Waals surface area contributed by atoms with Gasteiger partial charge in [0.2, 0.25) is 5.95 Å². The molecule has 4 N–H and O–H groups in total. The number of imidazole rings is 1. The van der Waals surface area contributed by atoms with E-state index in [1.54, 1.807) is 10.8 Å². The maximum absolute atomic E-state index is 10.6. The Morgan fingerprint density at radius 3 is 2.44 bits per heavy atom. The Kier molecular flexibility index (Phi) is 5.59. The minimum Gasteiger partial charge on any atom is -0.394 e. The number of hydrogen-bond acceptors (Lipinski definition) is 7. The SMILES string of the molecule is OC[C@H]1O[C@@H](n2c(NCc3ccc(-c4ccccn4)cc3)nc3ccccc32)[C@H](O)[C@@H]1O. The molecule has 1 aliphatic rings. The molecule has 32 heavy (non-hydrogen) atoms. The number of para-hydroxylation sites is 2. The number of hydrogen-bond donors (Lipinski definition) is 4. The topological polar surface area (TPSA) is 113 Å². The summed E-state index contributed by atoms with van der Waals surface area (Å²) < 4.78 is 7.51. The summed E-state index contributed by atoms with van der Waals surface area (Å²) in [5.41, 5.74) is 4.49. The lowest BCUT2D eigenvalue weighted by molar-refractivity contribution is -0.0499. The molecule has 0 bridgehead atoms. The van der Waals surface area contributed by atoms with Crippen LogP contribution in [0, 0.1) is 0 Å². The van der Waals surface area contributed by atoms with Crippen LogP contribution in [0.1, 0.15) is 11.8 Å². The van der Waals surface area contributed by atoms with Gasteiger partial charge in [0.1, 0.15) is 18.3 Å². The number of aliphatic hydroxyl groups is 3. The van der Waals surface area contributed by atoms with Gasteiger partial charge in [-0.15, -0.1) is 0 Å². The maximum atomic E-state index is 10.6. The van der Waals surface area contributed by atoms with Crippen LogP contribution in [0.4, 0.5) is 5.95 Å². The van der Waals surface area contributed by atoms with Gasteiger partial charge >= 0.3 is 0 Å². The fourth-order valence-corrected chi connectivity index (χ4v) is 4.03. The molecule has 0 aliphatic carbocycles. The van der Waals surface area contributed by atoms with Crippen LogP contribution in [0.3, 0.4) is 0 Å². The van der Waals surface area contributed by atoms with Crippen molar-refractivity contribution in [3.8, 4) is 11.3 Å². The number of nitrogens with zero attached hydrogens (tertiary/aromatic N) is 3. The van der Waals surface area contributed by atoms with Gasteiger partial charge in [0, 0.05) is 18.3 Å². The maximum Gasteiger partial charge on any atom is 0.206 e. The van der Waals surface area contributed by atoms with E-state index in [9.17, 15) is 15.3 Å². The Labute approximate surface area is 184 Å². The Morgan fingerprint density at radius 2 is 1.72 bits per heavy atom. The van der Waals surface area contributed by atoms with Gasteiger partial charge in [-0.1, -0.05) is 42.5 Å². The first-order chi connectivity index (χ1) is 15.7. The average molecular weight is 432 g/mol. The smallest absolute Gasteiger partial charge is 0.206 e. The number of pyridine rings is 1. The van der Waals surface area contributed by atoms with Crippen molar-refractivity contribution in [2.45, 2.75) is 31.1 Å². The van der Waals surface area contributed by atoms with Gasteiger partial charge in [-0.25, -0.2) is 4.98 Å². The van der Waals surface area contributed by atoms with Crippen molar-refractivity contribution in [2.24, 2.45) is 0 Å². The van der Waals surface area contributed by atoms with Crippen molar-refractivity contribution in [2.75, 3.05) is 11.9 Å². The first kappa shape index (κ1) is 20.6. The van der Waals surface area contributed by atoms with Crippen molar-refractivity contribution in [3.05, 3.63) is 78.5 Å². The number of ether oxygens (including phenoxy) is 1. The van der Waals surface area contributed by atoms with Gasteiger partial charge in [-0.2, -0.15) is 0 Å². The second kappa shape index (κ2) is 8.68. The average Bonchev–Trinajstić information content (AvgIpc) is 3.35. The fourth-order valence-electron chi connectivity index (χ4n) is 4.03. The molecule has 2 aromatic carbocycles. The number of anilines is 1. The highest BCUT2D eigenvalue weighted by molar-refractivity contribution is 5.78. The highest BCUT2D eigenvalue weighted by Gasteiger charge is 2.44. The van der Waals surface area contributed by atoms with Gasteiger partial charge in [-0.05, 0) is 29.8 Å². The number of fused-ring (bicyclic) bond motifs is 1. The standard InChI is InChI=1S/C24H24N4O4/c29-14-20-21(30)22(31)23(32-20)28-19-7-2-1-6-18(19)27-24(28)26-13-15-8-10-16(11-9-15)17-5-3-4-12-25-17/h1-12,20-23,29-31H,13-14H2,(H,26,27)/t20-,21-,22-,23-/m1/s1. The number of aromatic nitrogens is 3. The molecule has 0 amide bonds. The van der Waals surface area contributed by atoms with E-state index >= 15 is 0 Å². The Morgan fingerprint density at radius 1 is 0.938 bits per heavy atom. The van der Waals surface area contributed by atoms with Crippen molar-refractivity contribution in [1.29, 1.82) is 0 Å². The molecule has 5 rings (SSSR count). The summed E-state index contributed by atoms with van der Waals surface area (Å²) in [6.07, 6.45) is -2.33. The van der Waals surface area contributed by atoms with Crippen LogP contribution in [-0.4, -0.2) is 54.8 Å². The second-order valence-electron chi connectivity index (χ2n) is 7.79. The summed E-state index contributed by atoms with van der Waals surface area (Å²) in [4.78, 5) is 9.03. The second-order valence-corrected chi connectivity index (χ2v) is 7.79. The lowest BCUT2D eigenvalue weighted by atomic mass is 10.1. The number of nitrogens with one attached hydrogen (secondary N) is 1. The van der Waals surface area contributed by atoms with Crippen molar-refractivity contribution >= 4 is 17.0 Å². The zero-order valence-electron chi connectivity index (χ0n) is 17.2. The Hall–Kier alpha value is -3.30. The molecule has 8 heteroatoms. The summed E-state index contributed by atoms with van der Waals surface area (Å²) in [6, 6.07) is 21.4.